The fraction of sp³-hybridized carbons (Fsp3) is 0.676. The predicted molar refractivity (Wildman–Crippen MR) is 360 cm³/mol. The number of carbonyl (C=O) groups excluding carboxylic acids is 11. The molecule has 7 rings (SSSR count). The van der Waals surface area contributed by atoms with Crippen molar-refractivity contribution in [1.82, 2.24) is 55.1 Å². The van der Waals surface area contributed by atoms with Crippen molar-refractivity contribution >= 4 is 76.6 Å². The van der Waals surface area contributed by atoms with E-state index in [1.54, 1.807) is 20.8 Å². The molecule has 11 amide bonds. The van der Waals surface area contributed by atoms with Gasteiger partial charge in [0.2, 0.25) is 65.0 Å². The van der Waals surface area contributed by atoms with Gasteiger partial charge in [0.15, 0.2) is 0 Å². The Bertz CT molecular complexity index is 3430. The summed E-state index contributed by atoms with van der Waals surface area (Å²) in [5.74, 6) is -14.2. The zero-order chi connectivity index (χ0) is 76.0. The highest BCUT2D eigenvalue weighted by atomic mass is 35.5. The van der Waals surface area contributed by atoms with E-state index in [-0.39, 0.29) is 68.7 Å². The van der Waals surface area contributed by atoms with Crippen molar-refractivity contribution in [2.45, 2.75) is 229 Å². The minimum Gasteiger partial charge on any atom is -0.343 e. The van der Waals surface area contributed by atoms with Crippen LogP contribution in [0.1, 0.15) is 161 Å². The molecule has 3 saturated heterocycles. The van der Waals surface area contributed by atoms with Crippen LogP contribution in [0, 0.1) is 17.8 Å². The van der Waals surface area contributed by atoms with Gasteiger partial charge in [0.1, 0.15) is 53.9 Å². The normalized spacial score (nSPS) is 27.1. The van der Waals surface area contributed by atoms with Gasteiger partial charge in [0.05, 0.1) is 29.2 Å². The van der Waals surface area contributed by atoms with Crippen molar-refractivity contribution in [3.8, 4) is 0 Å². The molecule has 10 atom stereocenters. The van der Waals surface area contributed by atoms with E-state index in [1.165, 1.54) is 61.6 Å². The van der Waals surface area contributed by atoms with Crippen molar-refractivity contribution in [2.24, 2.45) is 17.8 Å². The lowest BCUT2D eigenvalue weighted by Crippen LogP contribution is -2.68. The SMILES string of the molecule is CC[C@H](C)[C@@H]1NC(=O)[C@H](CC(C)C)N(C)C(=O)C[C@@H](C)N(C)C(=O)[C@H](C2CCCCC2)N(C)C(=O)C2(CCC2)NC(=O)[C@@H]2CC(F)(F)CN2C(=O)[C@H](CCc2ccc(C(F)(F)F)c(Cl)c2)NC(=O)CN(C)C(=O)[C@H](Cc2ccc(C(F)(F)F)cc2)N(CC)C(=O)[C@@H]2CCN2C(=O)[C@H](C)N(C)C1=O. The number of hydrogen-bond donors (Lipinski definition) is 3. The van der Waals surface area contributed by atoms with Crippen LogP contribution >= 0.6 is 11.6 Å². The van der Waals surface area contributed by atoms with E-state index in [9.17, 15) is 55.1 Å². The Kier molecular flexibility index (Phi) is 26.7. The lowest BCUT2D eigenvalue weighted by Gasteiger charge is -2.47. The molecule has 31 heteroatoms. The first kappa shape index (κ1) is 81.6. The third-order valence-corrected chi connectivity index (χ3v) is 21.7. The molecule has 0 aromatic heterocycles. The number of nitrogens with zero attached hydrogens (tertiary/aromatic N) is 8. The van der Waals surface area contributed by atoms with Crippen molar-refractivity contribution < 1.29 is 87.9 Å². The number of carbonyl (C=O) groups is 11. The number of hydrogen-bond acceptors (Lipinski definition) is 11. The minimum atomic E-state index is -4.88. The van der Waals surface area contributed by atoms with Gasteiger partial charge in [-0.25, -0.2) is 8.78 Å². The molecule has 3 N–H and O–H groups in total. The Morgan fingerprint density at radius 3 is 1.81 bits per heavy atom. The van der Waals surface area contributed by atoms with Crippen LogP contribution in [0.25, 0.3) is 0 Å². The molecule has 566 valence electrons. The summed E-state index contributed by atoms with van der Waals surface area (Å²) < 4.78 is 115. The molecule has 2 aromatic carbocycles. The third kappa shape index (κ3) is 18.8. The first-order chi connectivity index (χ1) is 47.6. The van der Waals surface area contributed by atoms with Crippen molar-refractivity contribution in [2.75, 3.05) is 61.4 Å². The topological polar surface area (TPSA) is 250 Å². The number of halogens is 9. The van der Waals surface area contributed by atoms with Crippen LogP contribution in [0.2, 0.25) is 5.02 Å². The summed E-state index contributed by atoms with van der Waals surface area (Å²) in [5, 5.41) is 7.30. The summed E-state index contributed by atoms with van der Waals surface area (Å²) in [5.41, 5.74) is -3.81. The van der Waals surface area contributed by atoms with Gasteiger partial charge in [-0.05, 0) is 132 Å². The van der Waals surface area contributed by atoms with Gasteiger partial charge in [-0.15, -0.1) is 0 Å². The molecular weight excluding hydrogens is 1370 g/mol. The van der Waals surface area contributed by atoms with Crippen LogP contribution in [0.15, 0.2) is 42.5 Å². The number of rotatable bonds is 11. The van der Waals surface area contributed by atoms with Crippen LogP contribution in [-0.4, -0.2) is 231 Å². The Morgan fingerprint density at radius 1 is 0.647 bits per heavy atom. The van der Waals surface area contributed by atoms with E-state index in [4.69, 9.17) is 11.6 Å². The maximum atomic E-state index is 16.0. The van der Waals surface area contributed by atoms with E-state index >= 15 is 32.8 Å². The molecule has 5 aliphatic rings. The highest BCUT2D eigenvalue weighted by Crippen LogP contribution is 2.41. The molecule has 2 aliphatic carbocycles. The number of alkyl halides is 8. The molecule has 5 fully saturated rings. The Labute approximate surface area is 595 Å². The van der Waals surface area contributed by atoms with Gasteiger partial charge in [0.25, 0.3) is 5.92 Å². The second-order valence-corrected chi connectivity index (χ2v) is 29.3. The van der Waals surface area contributed by atoms with E-state index in [0.29, 0.717) is 49.5 Å². The molecule has 3 aliphatic heterocycles. The average molecular weight is 1470 g/mol. The largest absolute Gasteiger partial charge is 0.417 e. The number of likely N-dealkylation sites (N-methyl/N-ethyl adjacent to an activating group) is 6. The van der Waals surface area contributed by atoms with Crippen LogP contribution in [-0.2, 0) is 77.9 Å². The Balaban J connectivity index is 1.30. The molecule has 102 heavy (non-hydrogen) atoms. The van der Waals surface area contributed by atoms with E-state index in [1.807, 2.05) is 13.8 Å². The predicted octanol–water partition coefficient (Wildman–Crippen LogP) is 7.50. The van der Waals surface area contributed by atoms with Crippen LogP contribution < -0.4 is 16.0 Å². The summed E-state index contributed by atoms with van der Waals surface area (Å²) in [4.78, 5) is 172. The van der Waals surface area contributed by atoms with Gasteiger partial charge < -0.3 is 55.1 Å². The van der Waals surface area contributed by atoms with Gasteiger partial charge in [-0.1, -0.05) is 83.2 Å². The van der Waals surface area contributed by atoms with E-state index in [0.717, 1.165) is 64.6 Å². The second-order valence-electron chi connectivity index (χ2n) is 28.9. The monoisotopic (exact) mass is 1470 g/mol. The minimum absolute atomic E-state index is 0.00696. The lowest BCUT2D eigenvalue weighted by molar-refractivity contribution is -0.160. The Morgan fingerprint density at radius 2 is 1.27 bits per heavy atom. The highest BCUT2D eigenvalue weighted by molar-refractivity contribution is 6.31. The first-order valence-electron chi connectivity index (χ1n) is 35.1. The molecule has 22 nitrogen and oxygen atoms in total. The summed E-state index contributed by atoms with van der Waals surface area (Å²) in [6, 6.07) is -6.12. The molecule has 0 bridgehead atoms. The number of fused-ring (bicyclic) bond motifs is 2. The molecule has 0 radical (unpaired) electrons. The molecule has 2 aromatic rings. The number of aryl methyl sites for hydroxylation is 1. The standard InChI is InChI=1S/C71H98ClF8N11O11/c1-13-41(5)57-65(100)86(10)43(7)61(96)90-32-29-51(90)64(99)89(14-2)53(36-45-21-25-47(26-22-45)70(75,76)77)63(98)84(8)38-55(92)81-50(28-24-44-23-27-48(49(72)35-44)71(78,79)80)62(97)91-39-69(73,74)37-54(91)60(95)83-68(30-18-31-68)67(102)88(12)58(46-19-16-15-17-20-46)66(101)85(9)42(6)34-56(93)87(11)52(33-40(3)4)59(94)82-57/h21-23,25-27,35,40-43,46,50-54,57-58H,13-20,24,28-34,36-39H2,1-12H3,(H,81,92)(H,82,94)(H,83,95)/t41-,42+,43-,50-,51-,52-,53-,54-,57-,58-/m0/s1. The van der Waals surface area contributed by atoms with Crippen molar-refractivity contribution in [1.29, 1.82) is 0 Å². The zero-order valence-corrected chi connectivity index (χ0v) is 60.8. The summed E-state index contributed by atoms with van der Waals surface area (Å²) in [7, 11) is 6.81. The summed E-state index contributed by atoms with van der Waals surface area (Å²) in [6.45, 7) is 9.12. The molecule has 2 saturated carbocycles. The fourth-order valence-corrected chi connectivity index (χ4v) is 14.7. The van der Waals surface area contributed by atoms with E-state index in [2.05, 4.69) is 16.0 Å². The number of amides is 11. The third-order valence-electron chi connectivity index (χ3n) is 21.4. The quantitative estimate of drug-likeness (QED) is 0.186. The van der Waals surface area contributed by atoms with Crippen LogP contribution in [0.4, 0.5) is 35.1 Å². The van der Waals surface area contributed by atoms with Crippen LogP contribution in [0.3, 0.4) is 0 Å². The lowest BCUT2D eigenvalue weighted by atomic mass is 9.74. The highest BCUT2D eigenvalue weighted by Gasteiger charge is 2.56. The number of benzene rings is 2. The van der Waals surface area contributed by atoms with Gasteiger partial charge in [-0.2, -0.15) is 26.3 Å². The summed E-state index contributed by atoms with van der Waals surface area (Å²) >= 11 is 6.07. The first-order valence-corrected chi connectivity index (χ1v) is 35.5. The maximum Gasteiger partial charge on any atom is 0.417 e. The van der Waals surface area contributed by atoms with Crippen molar-refractivity contribution in [3.05, 3.63) is 69.7 Å². The number of nitrogens with one attached hydrogen (secondary N) is 3. The summed E-state index contributed by atoms with van der Waals surface area (Å²) in [6.07, 6.45) is -8.42. The second kappa shape index (κ2) is 33.4. The van der Waals surface area contributed by atoms with E-state index < -0.39 is 204 Å². The van der Waals surface area contributed by atoms with Gasteiger partial charge in [0, 0.05) is 73.6 Å². The fourth-order valence-electron chi connectivity index (χ4n) is 14.4. The van der Waals surface area contributed by atoms with Gasteiger partial charge in [-0.3, -0.25) is 52.7 Å². The molecule has 0 unspecified atom stereocenters. The van der Waals surface area contributed by atoms with Crippen LogP contribution in [0.5, 0.6) is 0 Å². The Hall–Kier alpha value is -7.66. The average Bonchev–Trinajstić information content (AvgIpc) is 0.908. The maximum absolute atomic E-state index is 16.0. The molecule has 1 spiro atoms. The molecular formula is C71H98ClF8N11O11. The van der Waals surface area contributed by atoms with Crippen molar-refractivity contribution in [3.63, 3.8) is 0 Å². The zero-order valence-electron chi connectivity index (χ0n) is 60.1. The smallest absolute Gasteiger partial charge is 0.343 e. The molecule has 3 heterocycles. The van der Waals surface area contributed by atoms with Gasteiger partial charge >= 0.3 is 12.4 Å².